The van der Waals surface area contributed by atoms with Crippen LogP contribution in [0, 0.1) is 6.92 Å². The molecule has 3 heterocycles. The maximum atomic E-state index is 11.3. The Bertz CT molecular complexity index is 512. The Morgan fingerprint density at radius 2 is 2.05 bits per heavy atom. The first-order valence-corrected chi connectivity index (χ1v) is 7.81. The van der Waals surface area contributed by atoms with Gasteiger partial charge in [0.15, 0.2) is 0 Å². The number of hydrogen-bond donors (Lipinski definition) is 1. The molecular weight excluding hydrogens is 266 g/mol. The lowest BCUT2D eigenvalue weighted by Gasteiger charge is -2.39. The highest BCUT2D eigenvalue weighted by Gasteiger charge is 2.36. The number of nitrogens with zero attached hydrogens (tertiary/aromatic N) is 3. The fraction of sp³-hybridized carbons (Fsp3) is 0.625. The number of rotatable bonds is 3. The maximum absolute atomic E-state index is 11.3. The third-order valence-corrected chi connectivity index (χ3v) is 4.76. The van der Waals surface area contributed by atoms with Crippen LogP contribution in [-0.2, 0) is 4.79 Å². The number of piperidine rings is 1. The van der Waals surface area contributed by atoms with Gasteiger partial charge in [0.2, 0.25) is 0 Å². The number of aryl methyl sites for hydroxylation is 1. The van der Waals surface area contributed by atoms with Crippen molar-refractivity contribution in [3.63, 3.8) is 0 Å². The minimum absolute atomic E-state index is 0.260. The minimum Gasteiger partial charge on any atom is -0.480 e. The highest BCUT2D eigenvalue weighted by Crippen LogP contribution is 2.28. The zero-order valence-corrected chi connectivity index (χ0v) is 12.5. The molecule has 0 bridgehead atoms. The van der Waals surface area contributed by atoms with Crippen molar-refractivity contribution >= 4 is 11.7 Å². The van der Waals surface area contributed by atoms with Gasteiger partial charge in [-0.1, -0.05) is 0 Å². The van der Waals surface area contributed by atoms with E-state index in [-0.39, 0.29) is 6.04 Å². The summed E-state index contributed by atoms with van der Waals surface area (Å²) in [5.74, 6) is -0.653. The van der Waals surface area contributed by atoms with Crippen LogP contribution < -0.4 is 4.90 Å². The maximum Gasteiger partial charge on any atom is 0.320 e. The topological polar surface area (TPSA) is 56.7 Å². The van der Waals surface area contributed by atoms with Gasteiger partial charge in [0.05, 0.1) is 0 Å². The predicted molar refractivity (Wildman–Crippen MR) is 81.6 cm³/mol. The number of aromatic nitrogens is 1. The van der Waals surface area contributed by atoms with Crippen LogP contribution in [0.15, 0.2) is 18.3 Å². The molecule has 2 aliphatic heterocycles. The van der Waals surface area contributed by atoms with E-state index in [0.717, 1.165) is 51.0 Å². The van der Waals surface area contributed by atoms with Crippen LogP contribution in [0.4, 0.5) is 5.69 Å². The van der Waals surface area contributed by atoms with Crippen LogP contribution >= 0.6 is 0 Å². The van der Waals surface area contributed by atoms with Gasteiger partial charge >= 0.3 is 5.97 Å². The Morgan fingerprint density at radius 1 is 1.29 bits per heavy atom. The van der Waals surface area contributed by atoms with Crippen molar-refractivity contribution in [3.8, 4) is 0 Å². The summed E-state index contributed by atoms with van der Waals surface area (Å²) in [6, 6.07) is 4.34. The lowest BCUT2D eigenvalue weighted by molar-refractivity contribution is -0.143. The quantitative estimate of drug-likeness (QED) is 0.921. The molecule has 1 unspecified atom stereocenters. The largest absolute Gasteiger partial charge is 0.480 e. The summed E-state index contributed by atoms with van der Waals surface area (Å²) in [4.78, 5) is 20.2. The van der Waals surface area contributed by atoms with Crippen molar-refractivity contribution in [2.75, 3.05) is 24.5 Å². The van der Waals surface area contributed by atoms with Gasteiger partial charge in [-0.2, -0.15) is 0 Å². The van der Waals surface area contributed by atoms with Crippen molar-refractivity contribution < 1.29 is 9.90 Å². The van der Waals surface area contributed by atoms with E-state index in [1.165, 1.54) is 5.69 Å². The predicted octanol–water partition coefficient (Wildman–Crippen LogP) is 1.91. The summed E-state index contributed by atoms with van der Waals surface area (Å²) in [5, 5.41) is 9.32. The van der Waals surface area contributed by atoms with E-state index < -0.39 is 5.97 Å². The monoisotopic (exact) mass is 289 g/mol. The number of pyridine rings is 1. The van der Waals surface area contributed by atoms with Crippen molar-refractivity contribution in [2.24, 2.45) is 0 Å². The second-order valence-corrected chi connectivity index (χ2v) is 6.11. The van der Waals surface area contributed by atoms with E-state index in [9.17, 15) is 9.90 Å². The number of likely N-dealkylation sites (tertiary alicyclic amines) is 1. The van der Waals surface area contributed by atoms with Crippen LogP contribution in [0.1, 0.15) is 31.4 Å². The summed E-state index contributed by atoms with van der Waals surface area (Å²) in [6.07, 6.45) is 5.77. The fourth-order valence-electron chi connectivity index (χ4n) is 3.67. The second-order valence-electron chi connectivity index (χ2n) is 6.11. The van der Waals surface area contributed by atoms with Gasteiger partial charge in [-0.15, -0.1) is 0 Å². The number of hydrogen-bond acceptors (Lipinski definition) is 4. The molecule has 0 aromatic carbocycles. The molecule has 0 spiro atoms. The molecule has 2 aliphatic rings. The number of carboxylic acids is 1. The van der Waals surface area contributed by atoms with Crippen LogP contribution in [0.25, 0.3) is 0 Å². The zero-order chi connectivity index (χ0) is 14.8. The number of carbonyl (C=O) groups is 1. The van der Waals surface area contributed by atoms with Gasteiger partial charge < -0.3 is 10.0 Å². The molecule has 5 nitrogen and oxygen atoms in total. The molecule has 2 saturated heterocycles. The molecule has 3 rings (SSSR count). The summed E-state index contributed by atoms with van der Waals surface area (Å²) in [6.45, 7) is 4.95. The normalized spacial score (nSPS) is 24.4. The van der Waals surface area contributed by atoms with Crippen molar-refractivity contribution in [1.29, 1.82) is 0 Å². The average Bonchev–Trinajstić information content (AvgIpc) is 2.97. The number of anilines is 1. The van der Waals surface area contributed by atoms with Crippen LogP contribution in [0.5, 0.6) is 0 Å². The molecule has 0 radical (unpaired) electrons. The highest BCUT2D eigenvalue weighted by atomic mass is 16.4. The first-order chi connectivity index (χ1) is 10.1. The van der Waals surface area contributed by atoms with Crippen molar-refractivity contribution in [1.82, 2.24) is 9.88 Å². The van der Waals surface area contributed by atoms with Gasteiger partial charge in [-0.3, -0.25) is 14.7 Å². The molecule has 1 atom stereocenters. The average molecular weight is 289 g/mol. The Morgan fingerprint density at radius 3 is 2.71 bits per heavy atom. The van der Waals surface area contributed by atoms with E-state index in [2.05, 4.69) is 26.9 Å². The lowest BCUT2D eigenvalue weighted by atomic mass is 10.0. The number of carboxylic acid groups (broad SMARTS) is 1. The van der Waals surface area contributed by atoms with E-state index in [0.29, 0.717) is 6.04 Å². The van der Waals surface area contributed by atoms with Crippen molar-refractivity contribution in [3.05, 3.63) is 24.0 Å². The molecule has 1 aromatic rings. The SMILES string of the molecule is Cc1cc(N2CCC(N3CCCC3C(=O)O)CC2)ccn1. The summed E-state index contributed by atoms with van der Waals surface area (Å²) < 4.78 is 0. The standard InChI is InChI=1S/C16H23N3O2/c1-12-11-14(4-7-17-12)18-9-5-13(6-10-18)19-8-2-3-15(19)16(20)21/h4,7,11,13,15H,2-3,5-6,8-10H2,1H3,(H,20,21). The van der Waals surface area contributed by atoms with Gasteiger partial charge in [0.25, 0.3) is 0 Å². The fourth-order valence-corrected chi connectivity index (χ4v) is 3.67. The first-order valence-electron chi connectivity index (χ1n) is 7.81. The third kappa shape index (κ3) is 3.02. The summed E-state index contributed by atoms with van der Waals surface area (Å²) in [5.41, 5.74) is 2.28. The lowest BCUT2D eigenvalue weighted by Crippen LogP contribution is -2.49. The molecule has 1 N–H and O–H groups in total. The molecule has 0 aliphatic carbocycles. The first kappa shape index (κ1) is 14.3. The third-order valence-electron chi connectivity index (χ3n) is 4.76. The molecule has 1 aromatic heterocycles. The van der Waals surface area contributed by atoms with Gasteiger partial charge in [0, 0.05) is 36.7 Å². The molecule has 2 fully saturated rings. The van der Waals surface area contributed by atoms with Crippen LogP contribution in [0.3, 0.4) is 0 Å². The highest BCUT2D eigenvalue weighted by molar-refractivity contribution is 5.73. The second kappa shape index (κ2) is 6.02. The van der Waals surface area contributed by atoms with Crippen LogP contribution in [-0.4, -0.2) is 52.7 Å². The summed E-state index contributed by atoms with van der Waals surface area (Å²) in [7, 11) is 0. The van der Waals surface area contributed by atoms with Crippen LogP contribution in [0.2, 0.25) is 0 Å². The molecule has 21 heavy (non-hydrogen) atoms. The zero-order valence-electron chi connectivity index (χ0n) is 12.5. The Hall–Kier alpha value is -1.62. The minimum atomic E-state index is -0.653. The molecule has 114 valence electrons. The van der Waals surface area contributed by atoms with E-state index in [1.54, 1.807) is 0 Å². The summed E-state index contributed by atoms with van der Waals surface area (Å²) >= 11 is 0. The van der Waals surface area contributed by atoms with Gasteiger partial charge in [-0.25, -0.2) is 0 Å². The Kier molecular flexibility index (Phi) is 4.10. The molecule has 5 heteroatoms. The van der Waals surface area contributed by atoms with E-state index >= 15 is 0 Å². The smallest absolute Gasteiger partial charge is 0.320 e. The van der Waals surface area contributed by atoms with Gasteiger partial charge in [-0.05, 0) is 51.3 Å². The van der Waals surface area contributed by atoms with Gasteiger partial charge in [0.1, 0.15) is 6.04 Å². The molecule has 0 saturated carbocycles. The molecular formula is C16H23N3O2. The van der Waals surface area contributed by atoms with E-state index in [1.807, 2.05) is 13.1 Å². The number of aliphatic carboxylic acids is 1. The molecule has 0 amide bonds. The van der Waals surface area contributed by atoms with Crippen molar-refractivity contribution in [2.45, 2.75) is 44.7 Å². The van der Waals surface area contributed by atoms with E-state index in [4.69, 9.17) is 0 Å². The Balaban J connectivity index is 1.61. The Labute approximate surface area is 125 Å².